The largest absolute Gasteiger partial charge is 0.354 e. The average Bonchev–Trinajstić information content (AvgIpc) is 2.41. The Labute approximate surface area is 128 Å². The quantitative estimate of drug-likeness (QED) is 0.547. The lowest BCUT2D eigenvalue weighted by Gasteiger charge is -2.33. The molecular weight excluding hydrogens is 264 g/mol. The Balaban J connectivity index is 1.80. The van der Waals surface area contributed by atoms with Crippen molar-refractivity contribution in [3.05, 3.63) is 0 Å². The zero-order chi connectivity index (χ0) is 15.2. The second kappa shape index (κ2) is 7.66. The summed E-state index contributed by atoms with van der Waals surface area (Å²) < 4.78 is 0. The van der Waals surface area contributed by atoms with E-state index in [1.54, 1.807) is 0 Å². The topological polar surface area (TPSA) is 65.5 Å². The Bertz CT molecular complexity index is 376. The number of nitrogens with zero attached hydrogens (tertiary/aromatic N) is 1. The smallest absolute Gasteiger partial charge is 0.223 e. The average molecular weight is 294 g/mol. The predicted molar refractivity (Wildman–Crippen MR) is 86.3 cm³/mol. The van der Waals surface area contributed by atoms with Crippen LogP contribution in [0.1, 0.15) is 58.8 Å². The third kappa shape index (κ3) is 4.90. The Hall–Kier alpha value is -1.26. The third-order valence-electron chi connectivity index (χ3n) is 4.49. The lowest BCUT2D eigenvalue weighted by atomic mass is 9.85. The number of hydrogen-bond acceptors (Lipinski definition) is 2. The molecule has 0 spiro atoms. The molecule has 5 heteroatoms. The molecule has 0 aromatic rings. The fraction of sp³-hybridized carbons (Fsp3) is 0.875. The van der Waals surface area contributed by atoms with Gasteiger partial charge in [0.2, 0.25) is 5.91 Å². The van der Waals surface area contributed by atoms with Crippen LogP contribution in [-0.4, -0.2) is 37.0 Å². The second-order valence-corrected chi connectivity index (χ2v) is 6.71. The van der Waals surface area contributed by atoms with E-state index in [1.807, 2.05) is 20.9 Å². The normalized spacial score (nSPS) is 27.1. The van der Waals surface area contributed by atoms with Gasteiger partial charge in [-0.3, -0.25) is 9.79 Å². The zero-order valence-electron chi connectivity index (χ0n) is 13.6. The monoisotopic (exact) mass is 294 g/mol. The molecule has 3 N–H and O–H groups in total. The maximum atomic E-state index is 12.2. The molecule has 2 rings (SSSR count). The lowest BCUT2D eigenvalue weighted by Crippen LogP contribution is -2.51. The number of aliphatic imine (C=N–C) groups is 1. The van der Waals surface area contributed by atoms with Crippen LogP contribution in [0.25, 0.3) is 0 Å². The Morgan fingerprint density at radius 2 is 1.67 bits per heavy atom. The van der Waals surface area contributed by atoms with Gasteiger partial charge in [0.25, 0.3) is 0 Å². The summed E-state index contributed by atoms with van der Waals surface area (Å²) in [7, 11) is 1.82. The van der Waals surface area contributed by atoms with E-state index < -0.39 is 0 Å². The van der Waals surface area contributed by atoms with E-state index in [0.717, 1.165) is 31.6 Å². The van der Waals surface area contributed by atoms with Crippen LogP contribution in [0.15, 0.2) is 4.99 Å². The number of guanidine groups is 1. The molecule has 2 fully saturated rings. The summed E-state index contributed by atoms with van der Waals surface area (Å²) in [6.07, 6.45) is 7.94. The van der Waals surface area contributed by atoms with Crippen molar-refractivity contribution in [1.82, 2.24) is 16.0 Å². The Morgan fingerprint density at radius 3 is 2.24 bits per heavy atom. The minimum atomic E-state index is 0.139. The number of carbonyl (C=O) groups is 1. The molecule has 0 aliphatic heterocycles. The van der Waals surface area contributed by atoms with Crippen molar-refractivity contribution in [2.45, 2.75) is 76.9 Å². The highest BCUT2D eigenvalue weighted by Crippen LogP contribution is 2.25. The van der Waals surface area contributed by atoms with Crippen molar-refractivity contribution < 1.29 is 4.79 Å². The first-order chi connectivity index (χ1) is 10.1. The van der Waals surface area contributed by atoms with E-state index >= 15 is 0 Å². The molecule has 2 unspecified atom stereocenters. The third-order valence-corrected chi connectivity index (χ3v) is 4.49. The van der Waals surface area contributed by atoms with Crippen LogP contribution in [0.4, 0.5) is 0 Å². The number of carbonyl (C=O) groups excluding carboxylic acids is 1. The number of amides is 1. The highest BCUT2D eigenvalue weighted by Gasteiger charge is 2.28. The van der Waals surface area contributed by atoms with Crippen molar-refractivity contribution in [1.29, 1.82) is 0 Å². The van der Waals surface area contributed by atoms with Gasteiger partial charge in [-0.1, -0.05) is 6.42 Å². The van der Waals surface area contributed by atoms with Crippen LogP contribution in [0.2, 0.25) is 0 Å². The molecule has 0 bridgehead atoms. The van der Waals surface area contributed by atoms with Crippen molar-refractivity contribution in [3.63, 3.8) is 0 Å². The maximum absolute atomic E-state index is 12.2. The molecule has 5 nitrogen and oxygen atoms in total. The van der Waals surface area contributed by atoms with Crippen LogP contribution in [-0.2, 0) is 4.79 Å². The molecule has 2 aliphatic carbocycles. The van der Waals surface area contributed by atoms with Gasteiger partial charge in [0, 0.05) is 31.1 Å². The summed E-state index contributed by atoms with van der Waals surface area (Å²) >= 11 is 0. The van der Waals surface area contributed by atoms with Gasteiger partial charge in [0.05, 0.1) is 0 Å². The Kier molecular flexibility index (Phi) is 5.88. The number of rotatable bonds is 4. The minimum Gasteiger partial charge on any atom is -0.354 e. The van der Waals surface area contributed by atoms with Gasteiger partial charge in [-0.25, -0.2) is 0 Å². The molecule has 2 saturated carbocycles. The summed E-state index contributed by atoms with van der Waals surface area (Å²) in [5, 5.41) is 10.0. The van der Waals surface area contributed by atoms with Crippen molar-refractivity contribution in [2.75, 3.05) is 7.05 Å². The van der Waals surface area contributed by atoms with E-state index in [0.29, 0.717) is 12.1 Å². The van der Waals surface area contributed by atoms with E-state index in [4.69, 9.17) is 0 Å². The van der Waals surface area contributed by atoms with Gasteiger partial charge in [-0.15, -0.1) is 0 Å². The van der Waals surface area contributed by atoms with Crippen LogP contribution in [0, 0.1) is 5.92 Å². The first-order valence-corrected chi connectivity index (χ1v) is 8.38. The van der Waals surface area contributed by atoms with Crippen molar-refractivity contribution >= 4 is 11.9 Å². The van der Waals surface area contributed by atoms with Crippen molar-refractivity contribution in [2.24, 2.45) is 10.9 Å². The standard InChI is InChI=1S/C16H30N4O/c1-11(2)18-15(21)12-6-4-9-14(10-12)20-16(17-3)19-13-7-5-8-13/h11-14H,4-10H2,1-3H3,(H,18,21)(H2,17,19,20). The SMILES string of the molecule is CN=C(NC1CCC1)NC1CCCC(C(=O)NC(C)C)C1. The van der Waals surface area contributed by atoms with Crippen molar-refractivity contribution in [3.8, 4) is 0 Å². The maximum Gasteiger partial charge on any atom is 0.223 e. The second-order valence-electron chi connectivity index (χ2n) is 6.71. The molecule has 2 aliphatic rings. The lowest BCUT2D eigenvalue weighted by molar-refractivity contribution is -0.126. The van der Waals surface area contributed by atoms with Gasteiger partial charge < -0.3 is 16.0 Å². The van der Waals surface area contributed by atoms with E-state index in [9.17, 15) is 4.79 Å². The van der Waals surface area contributed by atoms with Crippen LogP contribution >= 0.6 is 0 Å². The van der Waals surface area contributed by atoms with E-state index in [1.165, 1.54) is 19.3 Å². The van der Waals surface area contributed by atoms with Gasteiger partial charge in [0.1, 0.15) is 0 Å². The van der Waals surface area contributed by atoms with Gasteiger partial charge in [-0.2, -0.15) is 0 Å². The van der Waals surface area contributed by atoms with Crippen LogP contribution in [0.5, 0.6) is 0 Å². The van der Waals surface area contributed by atoms with Crippen LogP contribution < -0.4 is 16.0 Å². The molecule has 120 valence electrons. The van der Waals surface area contributed by atoms with Gasteiger partial charge in [0.15, 0.2) is 5.96 Å². The molecular formula is C16H30N4O. The molecule has 21 heavy (non-hydrogen) atoms. The van der Waals surface area contributed by atoms with E-state index in [-0.39, 0.29) is 17.9 Å². The summed E-state index contributed by atoms with van der Waals surface area (Å²) in [4.78, 5) is 16.5. The molecule has 0 saturated heterocycles. The molecule has 1 amide bonds. The van der Waals surface area contributed by atoms with Crippen LogP contribution in [0.3, 0.4) is 0 Å². The molecule has 0 radical (unpaired) electrons. The van der Waals surface area contributed by atoms with Gasteiger partial charge in [-0.05, 0) is 52.4 Å². The zero-order valence-corrected chi connectivity index (χ0v) is 13.6. The fourth-order valence-electron chi connectivity index (χ4n) is 3.07. The highest BCUT2D eigenvalue weighted by atomic mass is 16.1. The van der Waals surface area contributed by atoms with Gasteiger partial charge >= 0.3 is 0 Å². The summed E-state index contributed by atoms with van der Waals surface area (Å²) in [6, 6.07) is 1.16. The minimum absolute atomic E-state index is 0.139. The summed E-state index contributed by atoms with van der Waals surface area (Å²) in [5.74, 6) is 1.24. The highest BCUT2D eigenvalue weighted by molar-refractivity contribution is 5.81. The molecule has 0 aromatic carbocycles. The molecule has 0 heterocycles. The fourth-order valence-corrected chi connectivity index (χ4v) is 3.07. The molecule has 0 aromatic heterocycles. The predicted octanol–water partition coefficient (Wildman–Crippen LogP) is 1.79. The molecule has 2 atom stereocenters. The summed E-state index contributed by atoms with van der Waals surface area (Å²) in [6.45, 7) is 4.03. The number of hydrogen-bond donors (Lipinski definition) is 3. The number of nitrogens with one attached hydrogen (secondary N) is 3. The first kappa shape index (κ1) is 16.1. The Morgan fingerprint density at radius 1 is 1.05 bits per heavy atom. The first-order valence-electron chi connectivity index (χ1n) is 8.38. The summed E-state index contributed by atoms with van der Waals surface area (Å²) in [5.41, 5.74) is 0. The van der Waals surface area contributed by atoms with E-state index in [2.05, 4.69) is 20.9 Å².